The Balaban J connectivity index is 0.905. The molecule has 0 spiro atoms. The molecule has 67 heavy (non-hydrogen) atoms. The molecule has 9 aromatic carbocycles. The molecule has 0 radical (unpaired) electrons. The van der Waals surface area contributed by atoms with Gasteiger partial charge in [-0.3, -0.25) is 14.4 Å². The Kier molecular flexibility index (Phi) is 9.46. The molecule has 0 aliphatic carbocycles. The number of para-hydroxylation sites is 12. The predicted molar refractivity (Wildman–Crippen MR) is 260 cm³/mol. The Morgan fingerprint density at radius 1 is 0.269 bits per heavy atom. The van der Waals surface area contributed by atoms with E-state index < -0.39 is 23.3 Å². The van der Waals surface area contributed by atoms with Crippen LogP contribution in [0.25, 0.3) is 0 Å². The van der Waals surface area contributed by atoms with Gasteiger partial charge >= 0.3 is 0 Å². The second-order valence-corrected chi connectivity index (χ2v) is 16.3. The normalized spacial score (nSPS) is 12.8. The number of nitrogens with zero attached hydrogens (tertiary/aromatic N) is 3. The van der Waals surface area contributed by atoms with Crippen LogP contribution in [-0.2, 0) is 0 Å². The molecule has 0 saturated heterocycles. The van der Waals surface area contributed by atoms with Gasteiger partial charge in [-0.2, -0.15) is 0 Å². The molecule has 0 atom stereocenters. The van der Waals surface area contributed by atoms with Gasteiger partial charge in [-0.05, 0) is 146 Å². The molecule has 320 valence electrons. The first-order valence-electron chi connectivity index (χ1n) is 21.9. The third kappa shape index (κ3) is 6.76. The molecule has 9 nitrogen and oxygen atoms in total. The van der Waals surface area contributed by atoms with E-state index in [4.69, 9.17) is 14.2 Å². The van der Waals surface area contributed by atoms with Gasteiger partial charge in [0.05, 0.1) is 34.1 Å². The van der Waals surface area contributed by atoms with Crippen LogP contribution in [0.15, 0.2) is 218 Å². The Labute approximate surface area is 385 Å². The van der Waals surface area contributed by atoms with E-state index in [1.165, 1.54) is 0 Å². The summed E-state index contributed by atoms with van der Waals surface area (Å²) < 4.78 is 18.7. The van der Waals surface area contributed by atoms with Crippen LogP contribution >= 0.6 is 0 Å². The fraction of sp³-hybridized carbons (Fsp3) is 0.0172. The van der Waals surface area contributed by atoms with Crippen LogP contribution in [0.4, 0.5) is 51.2 Å². The Bertz CT molecular complexity index is 2920. The highest BCUT2D eigenvalue weighted by Crippen LogP contribution is 2.53. The van der Waals surface area contributed by atoms with Crippen molar-refractivity contribution in [3.63, 3.8) is 0 Å². The van der Waals surface area contributed by atoms with Gasteiger partial charge in [0.15, 0.2) is 51.8 Å². The van der Waals surface area contributed by atoms with Crippen LogP contribution in [0.3, 0.4) is 0 Å². The molecular weight excluding hydrogens is 835 g/mol. The van der Waals surface area contributed by atoms with Gasteiger partial charge in [-0.1, -0.05) is 72.8 Å². The second kappa shape index (κ2) is 16.1. The number of carbonyl (C=O) groups is 3. The molecule has 3 aliphatic heterocycles. The first-order chi connectivity index (χ1) is 33.0. The van der Waals surface area contributed by atoms with Crippen LogP contribution in [0.1, 0.15) is 31.1 Å². The predicted octanol–water partition coefficient (Wildman–Crippen LogP) is 15.0. The van der Waals surface area contributed by atoms with Crippen molar-refractivity contribution in [2.75, 3.05) is 14.7 Å². The van der Waals surface area contributed by atoms with Gasteiger partial charge < -0.3 is 28.9 Å². The zero-order valence-electron chi connectivity index (χ0n) is 35.7. The summed E-state index contributed by atoms with van der Waals surface area (Å²) in [5, 5.41) is 0. The van der Waals surface area contributed by atoms with E-state index in [-0.39, 0.29) is 16.7 Å². The molecule has 3 heterocycles. The molecule has 0 amide bonds. The number of hydrogen-bond acceptors (Lipinski definition) is 9. The van der Waals surface area contributed by atoms with E-state index in [0.717, 1.165) is 51.2 Å². The number of anilines is 9. The van der Waals surface area contributed by atoms with Crippen LogP contribution in [0.5, 0.6) is 34.5 Å². The molecule has 9 heteroatoms. The molecule has 12 rings (SSSR count). The Morgan fingerprint density at radius 2 is 0.463 bits per heavy atom. The highest BCUT2D eigenvalue weighted by molar-refractivity contribution is 6.31. The lowest BCUT2D eigenvalue weighted by molar-refractivity contribution is 0.0733. The monoisotopic (exact) mass is 871 g/mol. The zero-order chi connectivity index (χ0) is 45.0. The summed E-state index contributed by atoms with van der Waals surface area (Å²) in [4.78, 5) is 50.9. The zero-order valence-corrected chi connectivity index (χ0v) is 35.7. The molecule has 0 bridgehead atoms. The van der Waals surface area contributed by atoms with E-state index in [9.17, 15) is 14.4 Å². The minimum Gasteiger partial charge on any atom is -0.453 e. The average molecular weight is 872 g/mol. The molecule has 0 saturated carbocycles. The third-order valence-electron chi connectivity index (χ3n) is 12.3. The fourth-order valence-electron chi connectivity index (χ4n) is 9.13. The molecule has 3 aliphatic rings. The third-order valence-corrected chi connectivity index (χ3v) is 12.3. The summed E-state index contributed by atoms with van der Waals surface area (Å²) in [5.74, 6) is 0.660. The minimum atomic E-state index is -1.68. The second-order valence-electron chi connectivity index (χ2n) is 16.3. The van der Waals surface area contributed by atoms with Crippen molar-refractivity contribution >= 4 is 68.5 Å². The van der Waals surface area contributed by atoms with E-state index in [2.05, 4.69) is 14.7 Å². The number of carbonyl (C=O) groups excluding carboxylic acids is 3. The van der Waals surface area contributed by atoms with E-state index in [1.807, 2.05) is 182 Å². The maximum Gasteiger partial charge on any atom is 0.181 e. The molecular formula is C58H37N3O6. The van der Waals surface area contributed by atoms with Gasteiger partial charge in [-0.25, -0.2) is 0 Å². The average Bonchev–Trinajstić information content (AvgIpc) is 3.39. The summed E-state index contributed by atoms with van der Waals surface area (Å²) in [6, 6.07) is 67.6. The minimum absolute atomic E-state index is 0.224. The Morgan fingerprint density at radius 3 is 0.672 bits per heavy atom. The fourth-order valence-corrected chi connectivity index (χ4v) is 9.13. The van der Waals surface area contributed by atoms with Crippen molar-refractivity contribution in [1.29, 1.82) is 0 Å². The van der Waals surface area contributed by atoms with Gasteiger partial charge in [0.1, 0.15) is 5.92 Å². The van der Waals surface area contributed by atoms with Gasteiger partial charge in [0.25, 0.3) is 0 Å². The Hall–Kier alpha value is -9.21. The van der Waals surface area contributed by atoms with Crippen molar-refractivity contribution in [1.82, 2.24) is 0 Å². The van der Waals surface area contributed by atoms with E-state index in [0.29, 0.717) is 34.5 Å². The first-order valence-corrected chi connectivity index (χ1v) is 21.9. The summed E-state index contributed by atoms with van der Waals surface area (Å²) in [6.07, 6.45) is 0. The van der Waals surface area contributed by atoms with Crippen molar-refractivity contribution in [2.45, 2.75) is 0 Å². The molecule has 9 aromatic rings. The van der Waals surface area contributed by atoms with Crippen LogP contribution < -0.4 is 28.9 Å². The standard InChI is InChI=1S/C58H37N3O6/c62-56(37-25-31-40(32-26-37)59-43-13-1-7-19-49(43)65-50-20-8-2-14-44(50)59)55(57(63)38-27-33-41(34-28-38)60-45-15-3-9-21-51(45)66-52-22-10-4-16-46(52)60)58(64)39-29-35-42(36-30-39)61-47-17-5-11-23-53(47)67-54-24-12-6-18-48(54)61/h1-36,55H. The lowest BCUT2D eigenvalue weighted by atomic mass is 9.84. The van der Waals surface area contributed by atoms with Crippen LogP contribution in [-0.4, -0.2) is 17.3 Å². The summed E-state index contributed by atoms with van der Waals surface area (Å²) in [7, 11) is 0. The molecule has 0 fully saturated rings. The van der Waals surface area contributed by atoms with Crippen LogP contribution in [0.2, 0.25) is 0 Å². The van der Waals surface area contributed by atoms with Gasteiger partial charge in [0.2, 0.25) is 0 Å². The summed E-state index contributed by atoms with van der Waals surface area (Å²) in [5.41, 5.74) is 8.02. The number of Topliss-reactive ketones (excluding diaryl/α,β-unsaturated/α-hetero) is 3. The van der Waals surface area contributed by atoms with Gasteiger partial charge in [-0.15, -0.1) is 0 Å². The number of benzene rings is 9. The largest absolute Gasteiger partial charge is 0.453 e. The van der Waals surface area contributed by atoms with Crippen LogP contribution in [0, 0.1) is 5.92 Å². The van der Waals surface area contributed by atoms with Crippen molar-refractivity contribution in [3.05, 3.63) is 235 Å². The maximum absolute atomic E-state index is 14.9. The molecule has 0 unspecified atom stereocenters. The summed E-state index contributed by atoms with van der Waals surface area (Å²) in [6.45, 7) is 0. The number of rotatable bonds is 9. The maximum atomic E-state index is 14.9. The lowest BCUT2D eigenvalue weighted by Crippen LogP contribution is -2.32. The highest BCUT2D eigenvalue weighted by atomic mass is 16.5. The number of hydrogen-bond donors (Lipinski definition) is 0. The van der Waals surface area contributed by atoms with Crippen molar-refractivity contribution in [3.8, 4) is 34.5 Å². The highest BCUT2D eigenvalue weighted by Gasteiger charge is 2.37. The number of fused-ring (bicyclic) bond motifs is 6. The van der Waals surface area contributed by atoms with Crippen molar-refractivity contribution < 1.29 is 28.6 Å². The van der Waals surface area contributed by atoms with Gasteiger partial charge in [0, 0.05) is 33.8 Å². The molecule has 0 N–H and O–H groups in total. The number of ketones is 3. The van der Waals surface area contributed by atoms with Crippen molar-refractivity contribution in [2.24, 2.45) is 5.92 Å². The quantitative estimate of drug-likeness (QED) is 0.104. The summed E-state index contributed by atoms with van der Waals surface area (Å²) >= 11 is 0. The van der Waals surface area contributed by atoms with E-state index >= 15 is 0 Å². The lowest BCUT2D eigenvalue weighted by Gasteiger charge is -2.33. The smallest absolute Gasteiger partial charge is 0.181 e. The SMILES string of the molecule is O=C(c1ccc(N2c3ccccc3Oc3ccccc32)cc1)C(C(=O)c1ccc(N2c3ccccc3Oc3ccccc32)cc1)C(=O)c1ccc(N2c3ccccc3Oc3ccccc32)cc1. The first kappa shape index (κ1) is 39.4. The topological polar surface area (TPSA) is 88.6 Å². The van der Waals surface area contributed by atoms with E-state index in [1.54, 1.807) is 36.4 Å². The number of ether oxygens (including phenoxy) is 3. The molecule has 0 aromatic heterocycles.